The summed E-state index contributed by atoms with van der Waals surface area (Å²) in [5.74, 6) is -1.15. The number of amides is 1. The number of nitrogens with zero attached hydrogens (tertiary/aromatic N) is 4. The van der Waals surface area contributed by atoms with Gasteiger partial charge < -0.3 is 15.5 Å². The van der Waals surface area contributed by atoms with Crippen LogP contribution in [0.3, 0.4) is 0 Å². The Balaban J connectivity index is 2.06. The maximum Gasteiger partial charge on any atom is 0.255 e. The lowest BCUT2D eigenvalue weighted by molar-refractivity contribution is 0.0944. The zero-order valence-corrected chi connectivity index (χ0v) is 20.1. The second-order valence-electron chi connectivity index (χ2n) is 7.91. The number of carbonyl (C=O) groups is 1. The predicted molar refractivity (Wildman–Crippen MR) is 129 cm³/mol. The van der Waals surface area contributed by atoms with Crippen molar-refractivity contribution in [2.45, 2.75) is 19.9 Å². The highest BCUT2D eigenvalue weighted by atomic mass is 35.5. The highest BCUT2D eigenvalue weighted by Gasteiger charge is 2.23. The highest BCUT2D eigenvalue weighted by Crippen LogP contribution is 2.28. The molecule has 33 heavy (non-hydrogen) atoms. The van der Waals surface area contributed by atoms with Crippen molar-refractivity contribution in [3.63, 3.8) is 0 Å². The van der Waals surface area contributed by atoms with E-state index in [1.807, 2.05) is 19.0 Å². The van der Waals surface area contributed by atoms with Gasteiger partial charge in [-0.25, -0.2) is 18.3 Å². The van der Waals surface area contributed by atoms with Crippen molar-refractivity contribution >= 4 is 52.4 Å². The molecule has 0 saturated carbocycles. The first-order valence-corrected chi connectivity index (χ1v) is 11.1. The average molecular weight is 496 g/mol. The van der Waals surface area contributed by atoms with Crippen LogP contribution >= 0.6 is 23.9 Å². The van der Waals surface area contributed by atoms with Gasteiger partial charge in [-0.3, -0.25) is 10.2 Å². The minimum absolute atomic E-state index is 0.0274. The lowest BCUT2D eigenvalue weighted by Gasteiger charge is -2.16. The first-order chi connectivity index (χ1) is 15.6. The summed E-state index contributed by atoms with van der Waals surface area (Å²) in [5.41, 5.74) is 0.418. The molecule has 0 aliphatic heterocycles. The number of carbonyl (C=O) groups excluding carboxylic acids is 1. The quantitative estimate of drug-likeness (QED) is 0.386. The van der Waals surface area contributed by atoms with Crippen molar-refractivity contribution < 1.29 is 13.1 Å². The van der Waals surface area contributed by atoms with E-state index >= 15 is 0 Å². The number of halogens is 3. The topological polar surface area (TPSA) is 98.9 Å². The van der Waals surface area contributed by atoms with E-state index in [4.69, 9.17) is 17.0 Å². The summed E-state index contributed by atoms with van der Waals surface area (Å²) < 4.78 is 29.4. The molecule has 8 nitrogen and oxygen atoms in total. The maximum absolute atomic E-state index is 14.9. The van der Waals surface area contributed by atoms with Gasteiger partial charge in [-0.05, 0) is 40.1 Å². The minimum Gasteiger partial charge on any atom is -0.383 e. The fraction of sp³-hybridized carbons (Fsp3) is 0.333. The van der Waals surface area contributed by atoms with Crippen LogP contribution in [-0.4, -0.2) is 63.7 Å². The predicted octanol–water partition coefficient (Wildman–Crippen LogP) is 4.13. The maximum atomic E-state index is 14.9. The van der Waals surface area contributed by atoms with Crippen molar-refractivity contribution in [1.29, 1.82) is 5.41 Å². The van der Waals surface area contributed by atoms with E-state index in [9.17, 15) is 13.1 Å². The molecule has 2 heterocycles. The number of hydrogen-bond donors (Lipinski definition) is 3. The van der Waals surface area contributed by atoms with Crippen LogP contribution in [0.2, 0.25) is 5.02 Å². The molecule has 3 rings (SSSR count). The largest absolute Gasteiger partial charge is 0.383 e. The monoisotopic (exact) mass is 495 g/mol. The Kier molecular flexibility index (Phi) is 7.88. The molecule has 0 aliphatic carbocycles. The first kappa shape index (κ1) is 24.9. The van der Waals surface area contributed by atoms with Gasteiger partial charge in [0, 0.05) is 36.0 Å². The standard InChI is InChI=1S/C21H24ClF2N7OS/c1-11(2)28-21(32)13-10-31(33-24)20-19(13)29-16(9-27-20)18(25)17-14(23)7-12(22)8-15(17)26-5-6-30(3)4/h7-11,25-26H,5-6H2,1-4H3,(H,28,32). The zero-order valence-electron chi connectivity index (χ0n) is 18.5. The van der Waals surface area contributed by atoms with Gasteiger partial charge in [-0.2, -0.15) is 0 Å². The molecule has 0 fully saturated rings. The number of nitrogens with one attached hydrogen (secondary N) is 3. The fourth-order valence-electron chi connectivity index (χ4n) is 3.15. The van der Waals surface area contributed by atoms with Crippen molar-refractivity contribution in [3.05, 3.63) is 52.2 Å². The molecular weight excluding hydrogens is 472 g/mol. The van der Waals surface area contributed by atoms with Gasteiger partial charge in [-0.15, -0.1) is 3.89 Å². The summed E-state index contributed by atoms with van der Waals surface area (Å²) in [5, 5.41) is 14.7. The molecule has 3 aromatic rings. The van der Waals surface area contributed by atoms with Crippen molar-refractivity contribution in [2.24, 2.45) is 0 Å². The van der Waals surface area contributed by atoms with Gasteiger partial charge in [0.25, 0.3) is 5.91 Å². The van der Waals surface area contributed by atoms with E-state index in [-0.39, 0.29) is 57.1 Å². The van der Waals surface area contributed by atoms with E-state index < -0.39 is 11.7 Å². The molecule has 176 valence electrons. The Bertz CT molecular complexity index is 1200. The second kappa shape index (κ2) is 10.4. The Morgan fingerprint density at radius 2 is 2.09 bits per heavy atom. The Morgan fingerprint density at radius 1 is 1.36 bits per heavy atom. The van der Waals surface area contributed by atoms with E-state index in [0.717, 1.165) is 10.0 Å². The molecule has 3 N–H and O–H groups in total. The Hall–Kier alpha value is -2.76. The summed E-state index contributed by atoms with van der Waals surface area (Å²) >= 11 is 5.91. The summed E-state index contributed by atoms with van der Waals surface area (Å²) in [4.78, 5) is 23.1. The number of aromatic nitrogens is 3. The van der Waals surface area contributed by atoms with Crippen molar-refractivity contribution in [1.82, 2.24) is 24.2 Å². The summed E-state index contributed by atoms with van der Waals surface area (Å²) in [7, 11) is 3.81. The number of likely N-dealkylation sites (N-methyl/N-ethyl adjacent to an activating group) is 1. The van der Waals surface area contributed by atoms with Crippen LogP contribution < -0.4 is 10.6 Å². The molecule has 0 spiro atoms. The van der Waals surface area contributed by atoms with Crippen LogP contribution in [0.1, 0.15) is 35.5 Å². The smallest absolute Gasteiger partial charge is 0.255 e. The fourth-order valence-corrected chi connectivity index (χ4v) is 3.70. The van der Waals surface area contributed by atoms with E-state index in [1.54, 1.807) is 13.8 Å². The Morgan fingerprint density at radius 3 is 2.73 bits per heavy atom. The third kappa shape index (κ3) is 5.60. The number of fused-ring (bicyclic) bond motifs is 1. The van der Waals surface area contributed by atoms with Crippen molar-refractivity contribution in [3.8, 4) is 0 Å². The highest BCUT2D eigenvalue weighted by molar-refractivity contribution is 7.92. The van der Waals surface area contributed by atoms with Crippen LogP contribution in [0.4, 0.5) is 14.0 Å². The number of hydrogen-bond acceptors (Lipinski definition) is 7. The van der Waals surface area contributed by atoms with Gasteiger partial charge in [0.1, 0.15) is 17.0 Å². The molecule has 1 aromatic carbocycles. The molecule has 0 bridgehead atoms. The lowest BCUT2D eigenvalue weighted by atomic mass is 10.0. The molecular formula is C21H24ClF2N7OS. The van der Waals surface area contributed by atoms with Gasteiger partial charge in [-0.1, -0.05) is 11.6 Å². The number of anilines is 1. The zero-order chi connectivity index (χ0) is 24.3. The first-order valence-electron chi connectivity index (χ1n) is 10.1. The van der Waals surface area contributed by atoms with Crippen LogP contribution in [0.25, 0.3) is 11.2 Å². The van der Waals surface area contributed by atoms with Crippen LogP contribution in [0.15, 0.2) is 24.5 Å². The lowest BCUT2D eigenvalue weighted by Crippen LogP contribution is -2.30. The molecule has 0 radical (unpaired) electrons. The molecule has 0 saturated heterocycles. The molecule has 2 aromatic heterocycles. The van der Waals surface area contributed by atoms with Crippen LogP contribution in [0, 0.1) is 11.2 Å². The number of benzene rings is 1. The SMILES string of the molecule is CC(C)NC(=O)c1cn(SF)c2ncc(C(=N)c3c(F)cc(Cl)cc3NCCN(C)C)nc12. The second-order valence-corrected chi connectivity index (χ2v) is 8.88. The van der Waals surface area contributed by atoms with E-state index in [2.05, 4.69) is 20.6 Å². The van der Waals surface area contributed by atoms with Gasteiger partial charge in [0.2, 0.25) is 0 Å². The molecule has 12 heteroatoms. The Labute approximate surface area is 199 Å². The molecule has 1 amide bonds. The minimum atomic E-state index is -0.698. The molecule has 0 unspecified atom stereocenters. The van der Waals surface area contributed by atoms with Crippen LogP contribution in [0.5, 0.6) is 0 Å². The van der Waals surface area contributed by atoms with E-state index in [0.29, 0.717) is 18.8 Å². The molecule has 0 atom stereocenters. The molecule has 0 aliphatic rings. The van der Waals surface area contributed by atoms with E-state index in [1.165, 1.54) is 18.5 Å². The van der Waals surface area contributed by atoms with Gasteiger partial charge >= 0.3 is 0 Å². The normalized spacial score (nSPS) is 11.4. The summed E-state index contributed by atoms with van der Waals surface area (Å²) in [6.45, 7) is 4.76. The van der Waals surface area contributed by atoms with Crippen molar-refractivity contribution in [2.75, 3.05) is 32.5 Å². The number of rotatable bonds is 9. The van der Waals surface area contributed by atoms with Gasteiger partial charge in [0.05, 0.1) is 23.0 Å². The third-order valence-electron chi connectivity index (χ3n) is 4.64. The van der Waals surface area contributed by atoms with Gasteiger partial charge in [0.15, 0.2) is 18.0 Å². The third-order valence-corrected chi connectivity index (χ3v) is 5.28. The summed E-state index contributed by atoms with van der Waals surface area (Å²) in [6.07, 6.45) is 2.54. The average Bonchev–Trinajstić information content (AvgIpc) is 3.10. The summed E-state index contributed by atoms with van der Waals surface area (Å²) in [6, 6.07) is 2.50. The van der Waals surface area contributed by atoms with Crippen LogP contribution in [-0.2, 0) is 0 Å².